The number of ether oxygens (including phenoxy) is 1. The molecule has 0 spiro atoms. The minimum absolute atomic E-state index is 0.214. The Kier molecular flexibility index (Phi) is 6.64. The van der Waals surface area contributed by atoms with E-state index in [1.807, 2.05) is 13.8 Å². The molecule has 4 N–H and O–H groups in total. The Hall–Kier alpha value is -0.680. The maximum absolute atomic E-state index is 11.4. The van der Waals surface area contributed by atoms with E-state index in [0.717, 1.165) is 0 Å². The van der Waals surface area contributed by atoms with Crippen LogP contribution in [0.3, 0.4) is 0 Å². The molecule has 0 aliphatic heterocycles. The smallest absolute Gasteiger partial charge is 0.329 e. The lowest BCUT2D eigenvalue weighted by atomic mass is 10.2. The highest BCUT2D eigenvalue weighted by Gasteiger charge is 2.17. The van der Waals surface area contributed by atoms with Gasteiger partial charge in [-0.05, 0) is 12.8 Å². The van der Waals surface area contributed by atoms with Gasteiger partial charge in [-0.15, -0.1) is 0 Å². The summed E-state index contributed by atoms with van der Waals surface area (Å²) < 4.78 is 15.6. The highest BCUT2D eigenvalue weighted by Crippen LogP contribution is 2.36. The van der Waals surface area contributed by atoms with Crippen molar-refractivity contribution in [3.05, 3.63) is 11.6 Å². The number of carbonyl (C=O) groups is 1. The fourth-order valence-corrected chi connectivity index (χ4v) is 1.85. The number of carbonyl (C=O) groups excluding carboxylic acids is 1. The molecule has 0 saturated carbocycles. The molecule has 6 nitrogen and oxygen atoms in total. The largest absolute Gasteiger partial charge is 0.464 e. The van der Waals surface area contributed by atoms with Gasteiger partial charge in [-0.2, -0.15) is 0 Å². The van der Waals surface area contributed by atoms with Crippen molar-refractivity contribution in [1.82, 2.24) is 0 Å². The van der Waals surface area contributed by atoms with Crippen molar-refractivity contribution in [3.63, 3.8) is 0 Å². The second kappa shape index (κ2) is 6.91. The predicted octanol–water partition coefficient (Wildman–Crippen LogP) is 0.637. The second-order valence-electron chi connectivity index (χ2n) is 4.39. The number of hydrogen-bond acceptors (Lipinski definition) is 4. The lowest BCUT2D eigenvalue weighted by molar-refractivity contribution is -0.145. The molecule has 7 heteroatoms. The van der Waals surface area contributed by atoms with E-state index in [0.29, 0.717) is 5.57 Å². The van der Waals surface area contributed by atoms with Crippen molar-refractivity contribution in [3.8, 4) is 0 Å². The lowest BCUT2D eigenvalue weighted by Crippen LogP contribution is -2.31. The minimum Gasteiger partial charge on any atom is -0.464 e. The maximum Gasteiger partial charge on any atom is 0.329 e. The number of esters is 1. The average Bonchev–Trinajstić information content (AvgIpc) is 2.10. The molecule has 0 aliphatic rings. The van der Waals surface area contributed by atoms with Crippen LogP contribution in [0.15, 0.2) is 11.6 Å². The molecule has 0 heterocycles. The van der Waals surface area contributed by atoms with Gasteiger partial charge in [0.2, 0.25) is 0 Å². The Bertz CT molecular complexity index is 334. The summed E-state index contributed by atoms with van der Waals surface area (Å²) in [7, 11) is -4.12. The quantitative estimate of drug-likeness (QED) is 0.369. The SMILES string of the molecule is CC(=CC(N)C(=O)OCC(C)C)CP(=O)(O)O. The minimum atomic E-state index is -4.12. The maximum atomic E-state index is 11.4. The first-order valence-electron chi connectivity index (χ1n) is 5.26. The van der Waals surface area contributed by atoms with E-state index in [1.165, 1.54) is 13.0 Å². The van der Waals surface area contributed by atoms with Gasteiger partial charge in [0.05, 0.1) is 12.8 Å². The van der Waals surface area contributed by atoms with Crippen LogP contribution in [0.1, 0.15) is 20.8 Å². The van der Waals surface area contributed by atoms with Crippen molar-refractivity contribution in [2.75, 3.05) is 12.8 Å². The standard InChI is InChI=1S/C10H20NO5P/c1-7(2)5-16-10(12)9(11)4-8(3)6-17(13,14)15/h4,7,9H,5-6,11H2,1-3H3,(H2,13,14,15). The van der Waals surface area contributed by atoms with E-state index < -0.39 is 25.8 Å². The second-order valence-corrected chi connectivity index (χ2v) is 6.03. The van der Waals surface area contributed by atoms with Crippen molar-refractivity contribution >= 4 is 13.6 Å². The third-order valence-electron chi connectivity index (χ3n) is 1.75. The van der Waals surface area contributed by atoms with Crippen LogP contribution in [0, 0.1) is 5.92 Å². The van der Waals surface area contributed by atoms with E-state index in [1.54, 1.807) is 0 Å². The summed E-state index contributed by atoms with van der Waals surface area (Å²) in [6.07, 6.45) is 0.903. The Balaban J connectivity index is 4.31. The summed E-state index contributed by atoms with van der Waals surface area (Å²) in [5, 5.41) is 0. The first-order chi connectivity index (χ1) is 7.61. The molecule has 0 aromatic heterocycles. The van der Waals surface area contributed by atoms with Crippen LogP contribution < -0.4 is 5.73 Å². The van der Waals surface area contributed by atoms with E-state index in [2.05, 4.69) is 0 Å². The van der Waals surface area contributed by atoms with Crippen LogP contribution in [-0.4, -0.2) is 34.6 Å². The summed E-state index contributed by atoms with van der Waals surface area (Å²) in [5.74, 6) is -0.380. The van der Waals surface area contributed by atoms with Gasteiger partial charge in [-0.3, -0.25) is 9.36 Å². The van der Waals surface area contributed by atoms with E-state index in [9.17, 15) is 9.36 Å². The molecule has 100 valence electrons. The fraction of sp³-hybridized carbons (Fsp3) is 0.700. The van der Waals surface area contributed by atoms with Crippen LogP contribution in [0.25, 0.3) is 0 Å². The number of nitrogens with two attached hydrogens (primary N) is 1. The number of rotatable bonds is 6. The van der Waals surface area contributed by atoms with Crippen LogP contribution in [-0.2, 0) is 14.1 Å². The Morgan fingerprint density at radius 3 is 2.41 bits per heavy atom. The molecule has 0 aromatic rings. The summed E-state index contributed by atoms with van der Waals surface area (Å²) in [6.45, 7) is 5.58. The molecular weight excluding hydrogens is 245 g/mol. The monoisotopic (exact) mass is 265 g/mol. The van der Waals surface area contributed by atoms with Gasteiger partial charge in [-0.1, -0.05) is 25.5 Å². The highest BCUT2D eigenvalue weighted by molar-refractivity contribution is 7.52. The first-order valence-corrected chi connectivity index (χ1v) is 7.05. The molecular formula is C10H20NO5P. The lowest BCUT2D eigenvalue weighted by Gasteiger charge is -2.11. The third-order valence-corrected chi connectivity index (χ3v) is 2.66. The van der Waals surface area contributed by atoms with Gasteiger partial charge in [0.25, 0.3) is 0 Å². The summed E-state index contributed by atoms with van der Waals surface area (Å²) >= 11 is 0. The van der Waals surface area contributed by atoms with Gasteiger partial charge in [-0.25, -0.2) is 0 Å². The molecule has 0 fully saturated rings. The van der Waals surface area contributed by atoms with Crippen molar-refractivity contribution in [2.45, 2.75) is 26.8 Å². The summed E-state index contributed by atoms with van der Waals surface area (Å²) in [6, 6.07) is -0.986. The molecule has 0 saturated heterocycles. The Morgan fingerprint density at radius 2 is 2.00 bits per heavy atom. The molecule has 17 heavy (non-hydrogen) atoms. The van der Waals surface area contributed by atoms with E-state index in [-0.39, 0.29) is 12.5 Å². The van der Waals surface area contributed by atoms with Crippen molar-refractivity contribution in [2.24, 2.45) is 11.7 Å². The topological polar surface area (TPSA) is 110 Å². The van der Waals surface area contributed by atoms with Gasteiger partial charge in [0.15, 0.2) is 0 Å². The molecule has 0 bridgehead atoms. The van der Waals surface area contributed by atoms with Crippen LogP contribution >= 0.6 is 7.60 Å². The zero-order chi connectivity index (χ0) is 13.6. The zero-order valence-corrected chi connectivity index (χ0v) is 11.2. The molecule has 0 rings (SSSR count). The molecule has 0 aromatic carbocycles. The van der Waals surface area contributed by atoms with Crippen molar-refractivity contribution < 1.29 is 23.9 Å². The third kappa shape index (κ3) is 9.06. The highest BCUT2D eigenvalue weighted by atomic mass is 31.2. The molecule has 1 unspecified atom stereocenters. The van der Waals surface area contributed by atoms with Gasteiger partial charge in [0, 0.05) is 0 Å². The number of allylic oxidation sites excluding steroid dienone is 1. The fourth-order valence-electron chi connectivity index (χ4n) is 1.10. The molecule has 1 atom stereocenters. The van der Waals surface area contributed by atoms with Gasteiger partial charge >= 0.3 is 13.6 Å². The summed E-state index contributed by atoms with van der Waals surface area (Å²) in [4.78, 5) is 28.8. The summed E-state index contributed by atoms with van der Waals surface area (Å²) in [5.41, 5.74) is 5.89. The molecule has 0 aliphatic carbocycles. The van der Waals surface area contributed by atoms with E-state index >= 15 is 0 Å². The van der Waals surface area contributed by atoms with Crippen LogP contribution in [0.4, 0.5) is 0 Å². The Labute approximate surface area is 101 Å². The van der Waals surface area contributed by atoms with Crippen LogP contribution in [0.5, 0.6) is 0 Å². The van der Waals surface area contributed by atoms with Crippen molar-refractivity contribution in [1.29, 1.82) is 0 Å². The normalized spacial score (nSPS) is 14.9. The zero-order valence-electron chi connectivity index (χ0n) is 10.3. The predicted molar refractivity (Wildman–Crippen MR) is 64.4 cm³/mol. The van der Waals surface area contributed by atoms with Crippen LogP contribution in [0.2, 0.25) is 0 Å². The molecule has 0 amide bonds. The molecule has 0 radical (unpaired) electrons. The Morgan fingerprint density at radius 1 is 1.47 bits per heavy atom. The number of hydrogen-bond donors (Lipinski definition) is 3. The average molecular weight is 265 g/mol. The van der Waals surface area contributed by atoms with Gasteiger partial charge < -0.3 is 20.3 Å². The van der Waals surface area contributed by atoms with Gasteiger partial charge in [0.1, 0.15) is 6.04 Å². The first kappa shape index (κ1) is 16.3. The van der Waals surface area contributed by atoms with E-state index in [4.69, 9.17) is 20.3 Å².